The average Bonchev–Trinajstić information content (AvgIpc) is 2.67. The Morgan fingerprint density at radius 2 is 1.68 bits per heavy atom. The van der Waals surface area contributed by atoms with E-state index in [1.807, 2.05) is 6.92 Å². The molecule has 0 unspecified atom stereocenters. The van der Waals surface area contributed by atoms with Crippen LogP contribution in [-0.4, -0.2) is 38.9 Å². The van der Waals surface area contributed by atoms with E-state index < -0.39 is 41.0 Å². The lowest BCUT2D eigenvalue weighted by Gasteiger charge is -2.31. The molecule has 0 aromatic heterocycles. The molecule has 1 aromatic rings. The van der Waals surface area contributed by atoms with E-state index in [0.717, 1.165) is 6.42 Å². The zero-order chi connectivity index (χ0) is 21.3. The van der Waals surface area contributed by atoms with Crippen LogP contribution in [-0.2, 0) is 33.0 Å². The Morgan fingerprint density at radius 3 is 2.18 bits per heavy atom. The number of ether oxygens (including phenoxy) is 1. The van der Waals surface area contributed by atoms with E-state index in [2.05, 4.69) is 0 Å². The molecule has 0 aliphatic heterocycles. The molecule has 0 N–H and O–H groups in total. The monoisotopic (exact) mass is 438 g/mol. The molecule has 0 saturated heterocycles. The Balaban J connectivity index is 3.30. The van der Waals surface area contributed by atoms with Crippen molar-refractivity contribution in [1.29, 1.82) is 0 Å². The van der Waals surface area contributed by atoms with Crippen molar-refractivity contribution in [3.05, 3.63) is 30.3 Å². The predicted molar refractivity (Wildman–Crippen MR) is 103 cm³/mol. The van der Waals surface area contributed by atoms with Crippen LogP contribution in [0.1, 0.15) is 46.5 Å². The summed E-state index contributed by atoms with van der Waals surface area (Å²) in [7, 11) is -9.59. The third kappa shape index (κ3) is 5.63. The average molecular weight is 438 g/mol. The van der Waals surface area contributed by atoms with Crippen LogP contribution in [0.25, 0.3) is 0 Å². The van der Waals surface area contributed by atoms with Gasteiger partial charge in [-0.25, -0.2) is 12.8 Å². The highest BCUT2D eigenvalue weighted by Crippen LogP contribution is 2.66. The molecule has 0 bridgehead atoms. The van der Waals surface area contributed by atoms with Crippen molar-refractivity contribution in [3.63, 3.8) is 0 Å². The van der Waals surface area contributed by atoms with Crippen molar-refractivity contribution in [2.45, 2.75) is 56.1 Å². The number of sulfone groups is 1. The summed E-state index contributed by atoms with van der Waals surface area (Å²) in [5.74, 6) is -0.779. The van der Waals surface area contributed by atoms with Crippen LogP contribution in [0.15, 0.2) is 35.2 Å². The Morgan fingerprint density at radius 1 is 1.11 bits per heavy atom. The number of hydrogen-bond acceptors (Lipinski definition) is 7. The van der Waals surface area contributed by atoms with Gasteiger partial charge in [0.1, 0.15) is 0 Å². The molecule has 0 fully saturated rings. The molecule has 0 aliphatic carbocycles. The van der Waals surface area contributed by atoms with Crippen molar-refractivity contribution >= 4 is 23.4 Å². The number of benzene rings is 1. The molecule has 160 valence electrons. The second-order valence-electron chi connectivity index (χ2n) is 5.91. The first kappa shape index (κ1) is 24.8. The molecule has 10 heteroatoms. The van der Waals surface area contributed by atoms with Crippen molar-refractivity contribution in [3.8, 4) is 0 Å². The fourth-order valence-electron chi connectivity index (χ4n) is 2.43. The van der Waals surface area contributed by atoms with Crippen LogP contribution in [0.5, 0.6) is 0 Å². The summed E-state index contributed by atoms with van der Waals surface area (Å²) in [6, 6.07) is 6.77. The number of esters is 1. The number of rotatable bonds is 13. The van der Waals surface area contributed by atoms with Gasteiger partial charge >= 0.3 is 18.3 Å². The lowest BCUT2D eigenvalue weighted by Crippen LogP contribution is -2.36. The second-order valence-corrected chi connectivity index (χ2v) is 10.6. The van der Waals surface area contributed by atoms with E-state index in [4.69, 9.17) is 13.8 Å². The summed E-state index contributed by atoms with van der Waals surface area (Å²) in [5, 5.41) is 0. The molecule has 7 nitrogen and oxygen atoms in total. The number of alkyl halides is 1. The second kappa shape index (κ2) is 11.0. The van der Waals surface area contributed by atoms with Crippen LogP contribution in [0.2, 0.25) is 0 Å². The predicted octanol–water partition coefficient (Wildman–Crippen LogP) is 4.47. The molecule has 0 heterocycles. The Kier molecular flexibility index (Phi) is 9.77. The topological polar surface area (TPSA) is 96.0 Å². The van der Waals surface area contributed by atoms with Gasteiger partial charge in [0.2, 0.25) is 9.84 Å². The summed E-state index contributed by atoms with van der Waals surface area (Å²) in [6.07, 6.45) is -0.0688. The minimum atomic E-state index is -4.81. The van der Waals surface area contributed by atoms with Crippen LogP contribution in [0.3, 0.4) is 0 Å². The Hall–Kier alpha value is -1.28. The largest absolute Gasteiger partial charge is 0.466 e. The smallest absolute Gasteiger partial charge is 0.383 e. The van der Waals surface area contributed by atoms with E-state index in [1.165, 1.54) is 38.1 Å². The minimum absolute atomic E-state index is 0.147. The van der Waals surface area contributed by atoms with E-state index in [9.17, 15) is 17.8 Å². The highest BCUT2D eigenvalue weighted by molar-refractivity contribution is 7.99. The van der Waals surface area contributed by atoms with Gasteiger partial charge in [-0.3, -0.25) is 9.36 Å². The molecule has 1 aromatic carbocycles. The molecular formula is C18H28FO7PS. The highest BCUT2D eigenvalue weighted by atomic mass is 32.2. The first-order valence-electron chi connectivity index (χ1n) is 9.22. The fourth-order valence-corrected chi connectivity index (χ4v) is 7.01. The van der Waals surface area contributed by atoms with Gasteiger partial charge in [-0.1, -0.05) is 31.5 Å². The lowest BCUT2D eigenvalue weighted by atomic mass is 10.3. The van der Waals surface area contributed by atoms with Crippen LogP contribution >= 0.6 is 7.60 Å². The molecule has 0 amide bonds. The Bertz CT molecular complexity index is 759. The number of halogens is 1. The zero-order valence-corrected chi connectivity index (χ0v) is 18.1. The first-order chi connectivity index (χ1) is 13.2. The standard InChI is InChI=1S/C18H28FO7PS/c1-4-7-15-24-17(20)13-14-18(19,27(21,25-5-2)26-6-3)28(22,23)16-11-9-8-10-12-16/h8-12H,4-7,13-15H2,1-3H3/t18-/m0/s1. The summed E-state index contributed by atoms with van der Waals surface area (Å²) >= 11 is 0. The van der Waals surface area contributed by atoms with Crippen LogP contribution < -0.4 is 0 Å². The first-order valence-corrected chi connectivity index (χ1v) is 12.2. The van der Waals surface area contributed by atoms with Crippen LogP contribution in [0.4, 0.5) is 4.39 Å². The summed E-state index contributed by atoms with van der Waals surface area (Å²) in [4.78, 5) is 11.5. The van der Waals surface area contributed by atoms with Gasteiger partial charge in [-0.2, -0.15) is 0 Å². The number of hydrogen-bond donors (Lipinski definition) is 0. The maximum absolute atomic E-state index is 16.1. The van der Waals surface area contributed by atoms with Crippen molar-refractivity contribution in [2.24, 2.45) is 0 Å². The number of unbranched alkanes of at least 4 members (excludes halogenated alkanes) is 1. The summed E-state index contributed by atoms with van der Waals surface area (Å²) < 4.78 is 66.9. The van der Waals surface area contributed by atoms with Gasteiger partial charge in [0.05, 0.1) is 31.1 Å². The molecular weight excluding hydrogens is 410 g/mol. The Labute approximate surface area is 166 Å². The van der Waals surface area contributed by atoms with Crippen molar-refractivity contribution in [2.75, 3.05) is 19.8 Å². The zero-order valence-electron chi connectivity index (χ0n) is 16.4. The maximum Gasteiger partial charge on any atom is 0.383 e. The van der Waals surface area contributed by atoms with E-state index in [-0.39, 0.29) is 24.7 Å². The minimum Gasteiger partial charge on any atom is -0.466 e. The van der Waals surface area contributed by atoms with Crippen LogP contribution in [0, 0.1) is 0 Å². The molecule has 0 spiro atoms. The fraction of sp³-hybridized carbons (Fsp3) is 0.611. The van der Waals surface area contributed by atoms with Gasteiger partial charge in [0.25, 0.3) is 0 Å². The van der Waals surface area contributed by atoms with E-state index in [0.29, 0.717) is 6.42 Å². The van der Waals surface area contributed by atoms with Gasteiger partial charge in [-0.15, -0.1) is 0 Å². The maximum atomic E-state index is 16.1. The number of carbonyl (C=O) groups excluding carboxylic acids is 1. The van der Waals surface area contributed by atoms with E-state index >= 15 is 4.39 Å². The number of carbonyl (C=O) groups is 1. The lowest BCUT2D eigenvalue weighted by molar-refractivity contribution is -0.144. The SMILES string of the molecule is CCCCOC(=O)CC[C@](F)(P(=O)(OCC)OCC)S(=O)(=O)c1ccccc1. The van der Waals surface area contributed by atoms with Gasteiger partial charge in [0.15, 0.2) is 0 Å². The normalized spacial score (nSPS) is 14.4. The molecule has 28 heavy (non-hydrogen) atoms. The quantitative estimate of drug-likeness (QED) is 0.255. The summed E-state index contributed by atoms with van der Waals surface area (Å²) in [6.45, 7) is 4.49. The molecule has 0 saturated carbocycles. The van der Waals surface area contributed by atoms with Crippen molar-refractivity contribution < 1.29 is 36.0 Å². The van der Waals surface area contributed by atoms with Gasteiger partial charge in [-0.05, 0) is 32.4 Å². The van der Waals surface area contributed by atoms with Crippen molar-refractivity contribution in [1.82, 2.24) is 0 Å². The third-order valence-electron chi connectivity index (χ3n) is 3.87. The molecule has 1 rings (SSSR count). The van der Waals surface area contributed by atoms with E-state index in [1.54, 1.807) is 6.07 Å². The van der Waals surface area contributed by atoms with Gasteiger partial charge in [0, 0.05) is 6.42 Å². The van der Waals surface area contributed by atoms with Gasteiger partial charge < -0.3 is 13.8 Å². The summed E-state index contributed by atoms with van der Waals surface area (Å²) in [5.41, 5.74) is 0. The molecule has 0 aliphatic rings. The highest BCUT2D eigenvalue weighted by Gasteiger charge is 2.62. The third-order valence-corrected chi connectivity index (χ3v) is 9.42. The molecule has 0 radical (unpaired) electrons. The molecule has 1 atom stereocenters.